The minimum atomic E-state index is -4.36. The molecule has 4 heterocycles. The standard InChI is InChI=1S/C21H25F3N4O/c22-21(23,24)17-1-2-20(26-12-17)27-9-5-18(6-10-27)28-13-16(19(29)14-28)11-15-3-7-25-8-4-15/h1-4,7-8,12,16,18-19,29H,5-6,9-11,13-14H2/t16-,19+/m1/s1. The second-order valence-corrected chi connectivity index (χ2v) is 7.96. The van der Waals surface area contributed by atoms with Crippen molar-refractivity contribution in [1.29, 1.82) is 0 Å². The number of piperidine rings is 1. The summed E-state index contributed by atoms with van der Waals surface area (Å²) in [7, 11) is 0. The number of rotatable bonds is 4. The molecular weight excluding hydrogens is 381 g/mol. The minimum Gasteiger partial charge on any atom is -0.391 e. The first-order valence-corrected chi connectivity index (χ1v) is 9.99. The van der Waals surface area contributed by atoms with Gasteiger partial charge in [0.2, 0.25) is 0 Å². The number of aliphatic hydroxyl groups is 1. The molecule has 2 aliphatic heterocycles. The average molecular weight is 406 g/mol. The molecule has 1 N–H and O–H groups in total. The number of β-amino-alcohol motifs (C(OH)–C–C–N with tert-alkyl or cyclic N) is 1. The van der Waals surface area contributed by atoms with E-state index in [1.54, 1.807) is 12.4 Å². The number of aliphatic hydroxyl groups excluding tert-OH is 1. The second kappa shape index (κ2) is 8.28. The van der Waals surface area contributed by atoms with Crippen molar-refractivity contribution < 1.29 is 18.3 Å². The molecule has 0 radical (unpaired) electrons. The van der Waals surface area contributed by atoms with Crippen LogP contribution in [0.25, 0.3) is 0 Å². The van der Waals surface area contributed by atoms with Gasteiger partial charge in [0, 0.05) is 56.7 Å². The van der Waals surface area contributed by atoms with Crippen molar-refractivity contribution in [3.63, 3.8) is 0 Å². The van der Waals surface area contributed by atoms with E-state index in [4.69, 9.17) is 0 Å². The maximum Gasteiger partial charge on any atom is 0.417 e. The van der Waals surface area contributed by atoms with Crippen LogP contribution in [0.3, 0.4) is 0 Å². The van der Waals surface area contributed by atoms with Crippen molar-refractivity contribution in [3.05, 3.63) is 54.0 Å². The first-order chi connectivity index (χ1) is 13.9. The molecule has 4 rings (SSSR count). The van der Waals surface area contributed by atoms with Crippen molar-refractivity contribution in [1.82, 2.24) is 14.9 Å². The lowest BCUT2D eigenvalue weighted by Crippen LogP contribution is -2.44. The Morgan fingerprint density at radius 1 is 1.03 bits per heavy atom. The fourth-order valence-electron chi connectivity index (χ4n) is 4.41. The molecule has 0 saturated carbocycles. The summed E-state index contributed by atoms with van der Waals surface area (Å²) in [6.07, 6.45) is 2.43. The predicted octanol–water partition coefficient (Wildman–Crippen LogP) is 3.00. The normalized spacial score (nSPS) is 24.2. The molecule has 2 aliphatic rings. The van der Waals surface area contributed by atoms with Gasteiger partial charge in [0.1, 0.15) is 5.82 Å². The molecular formula is C21H25F3N4O. The molecule has 156 valence electrons. The smallest absolute Gasteiger partial charge is 0.391 e. The number of alkyl halides is 3. The van der Waals surface area contributed by atoms with Crippen LogP contribution in [0.5, 0.6) is 0 Å². The molecule has 2 saturated heterocycles. The zero-order valence-corrected chi connectivity index (χ0v) is 16.1. The van der Waals surface area contributed by atoms with Gasteiger partial charge in [0.15, 0.2) is 0 Å². The van der Waals surface area contributed by atoms with E-state index in [-0.39, 0.29) is 12.0 Å². The van der Waals surface area contributed by atoms with Gasteiger partial charge in [-0.25, -0.2) is 4.98 Å². The third-order valence-electron chi connectivity index (χ3n) is 6.06. The van der Waals surface area contributed by atoms with E-state index in [2.05, 4.69) is 14.9 Å². The molecule has 0 spiro atoms. The highest BCUT2D eigenvalue weighted by Crippen LogP contribution is 2.31. The third-order valence-corrected chi connectivity index (χ3v) is 6.06. The molecule has 29 heavy (non-hydrogen) atoms. The van der Waals surface area contributed by atoms with Crippen LogP contribution in [0.4, 0.5) is 19.0 Å². The molecule has 2 aromatic rings. The molecule has 8 heteroatoms. The van der Waals surface area contributed by atoms with Crippen LogP contribution in [-0.2, 0) is 12.6 Å². The number of aromatic nitrogens is 2. The lowest BCUT2D eigenvalue weighted by molar-refractivity contribution is -0.137. The van der Waals surface area contributed by atoms with E-state index in [1.807, 2.05) is 17.0 Å². The van der Waals surface area contributed by atoms with Gasteiger partial charge in [-0.3, -0.25) is 9.88 Å². The molecule has 0 aliphatic carbocycles. The van der Waals surface area contributed by atoms with Gasteiger partial charge in [-0.1, -0.05) is 0 Å². The van der Waals surface area contributed by atoms with Gasteiger partial charge in [-0.05, 0) is 49.1 Å². The summed E-state index contributed by atoms with van der Waals surface area (Å²) in [6, 6.07) is 6.91. The van der Waals surface area contributed by atoms with Gasteiger partial charge in [0.25, 0.3) is 0 Å². The van der Waals surface area contributed by atoms with Gasteiger partial charge in [-0.2, -0.15) is 13.2 Å². The van der Waals surface area contributed by atoms with Crippen molar-refractivity contribution in [2.24, 2.45) is 5.92 Å². The summed E-state index contributed by atoms with van der Waals surface area (Å²) >= 11 is 0. The Kier molecular flexibility index (Phi) is 5.74. The fraction of sp³-hybridized carbons (Fsp3) is 0.524. The quantitative estimate of drug-likeness (QED) is 0.846. The van der Waals surface area contributed by atoms with Crippen LogP contribution in [0.15, 0.2) is 42.9 Å². The number of anilines is 1. The zero-order chi connectivity index (χ0) is 20.4. The van der Waals surface area contributed by atoms with Gasteiger partial charge in [0.05, 0.1) is 11.7 Å². The van der Waals surface area contributed by atoms with E-state index >= 15 is 0 Å². The molecule has 0 bridgehead atoms. The number of hydrogen-bond acceptors (Lipinski definition) is 5. The Hall–Kier alpha value is -2.19. The van der Waals surface area contributed by atoms with Crippen LogP contribution in [0, 0.1) is 5.92 Å². The van der Waals surface area contributed by atoms with Crippen LogP contribution in [-0.4, -0.2) is 58.3 Å². The van der Waals surface area contributed by atoms with E-state index in [1.165, 1.54) is 11.6 Å². The number of likely N-dealkylation sites (tertiary alicyclic amines) is 1. The maximum atomic E-state index is 12.7. The molecule has 5 nitrogen and oxygen atoms in total. The van der Waals surface area contributed by atoms with Crippen LogP contribution in [0.1, 0.15) is 24.0 Å². The second-order valence-electron chi connectivity index (χ2n) is 7.96. The molecule has 0 aromatic carbocycles. The maximum absolute atomic E-state index is 12.7. The average Bonchev–Trinajstić information content (AvgIpc) is 3.09. The number of pyridine rings is 2. The number of halogens is 3. The molecule has 2 atom stereocenters. The van der Waals surface area contributed by atoms with Gasteiger partial charge in [-0.15, -0.1) is 0 Å². The highest BCUT2D eigenvalue weighted by atomic mass is 19.4. The van der Waals surface area contributed by atoms with Crippen molar-refractivity contribution in [2.75, 3.05) is 31.1 Å². The monoisotopic (exact) mass is 406 g/mol. The summed E-state index contributed by atoms with van der Waals surface area (Å²) in [5.74, 6) is 0.806. The Labute approximate surface area is 168 Å². The first kappa shape index (κ1) is 20.1. The summed E-state index contributed by atoms with van der Waals surface area (Å²) in [5, 5.41) is 10.5. The van der Waals surface area contributed by atoms with Crippen LogP contribution >= 0.6 is 0 Å². The molecule has 0 amide bonds. The van der Waals surface area contributed by atoms with Crippen molar-refractivity contribution in [2.45, 2.75) is 37.6 Å². The van der Waals surface area contributed by atoms with Crippen molar-refractivity contribution >= 4 is 5.82 Å². The third kappa shape index (κ3) is 4.70. The van der Waals surface area contributed by atoms with E-state index in [0.29, 0.717) is 18.4 Å². The molecule has 2 fully saturated rings. The summed E-state index contributed by atoms with van der Waals surface area (Å²) < 4.78 is 38.1. The fourth-order valence-corrected chi connectivity index (χ4v) is 4.41. The Morgan fingerprint density at radius 2 is 1.76 bits per heavy atom. The van der Waals surface area contributed by atoms with Gasteiger partial charge >= 0.3 is 6.18 Å². The topological polar surface area (TPSA) is 52.5 Å². The molecule has 0 unspecified atom stereocenters. The van der Waals surface area contributed by atoms with Gasteiger partial charge < -0.3 is 10.0 Å². The predicted molar refractivity (Wildman–Crippen MR) is 103 cm³/mol. The largest absolute Gasteiger partial charge is 0.417 e. The summed E-state index contributed by atoms with van der Waals surface area (Å²) in [5.41, 5.74) is 0.469. The highest BCUT2D eigenvalue weighted by Gasteiger charge is 2.36. The number of hydrogen-bond donors (Lipinski definition) is 1. The Morgan fingerprint density at radius 3 is 2.38 bits per heavy atom. The SMILES string of the molecule is O[C@H]1CN(C2CCN(c3ccc(C(F)(F)F)cn3)CC2)C[C@H]1Cc1ccncc1. The van der Waals surface area contributed by atoms with E-state index in [9.17, 15) is 18.3 Å². The highest BCUT2D eigenvalue weighted by molar-refractivity contribution is 5.40. The Balaban J connectivity index is 1.30. The summed E-state index contributed by atoms with van der Waals surface area (Å²) in [4.78, 5) is 12.5. The Bertz CT molecular complexity index is 792. The lowest BCUT2D eigenvalue weighted by atomic mass is 9.97. The van der Waals surface area contributed by atoms with Crippen molar-refractivity contribution in [3.8, 4) is 0 Å². The minimum absolute atomic E-state index is 0.215. The lowest BCUT2D eigenvalue weighted by Gasteiger charge is -2.37. The first-order valence-electron chi connectivity index (χ1n) is 9.99. The molecule has 2 aromatic heterocycles. The number of nitrogens with zero attached hydrogens (tertiary/aromatic N) is 4. The van der Waals surface area contributed by atoms with E-state index < -0.39 is 11.7 Å². The van der Waals surface area contributed by atoms with Crippen LogP contribution < -0.4 is 4.90 Å². The zero-order valence-electron chi connectivity index (χ0n) is 16.1. The van der Waals surface area contributed by atoms with Crippen LogP contribution in [0.2, 0.25) is 0 Å². The summed E-state index contributed by atoms with van der Waals surface area (Å²) in [6.45, 7) is 3.06. The van der Waals surface area contributed by atoms with E-state index in [0.717, 1.165) is 51.2 Å².